The smallest absolute Gasteiger partial charge is 0.410 e. The van der Waals surface area contributed by atoms with E-state index in [1.54, 1.807) is 0 Å². The summed E-state index contributed by atoms with van der Waals surface area (Å²) in [7, 11) is 0. The van der Waals surface area contributed by atoms with Gasteiger partial charge in [0.2, 0.25) is 5.91 Å². The van der Waals surface area contributed by atoms with Crippen LogP contribution < -0.4 is 5.32 Å². The topological polar surface area (TPSA) is 58.6 Å². The number of carbonyl (C=O) groups excluding carboxylic acids is 2. The molecule has 3 rings (SSSR count). The molecule has 0 aromatic carbocycles. The van der Waals surface area contributed by atoms with Gasteiger partial charge in [-0.1, -0.05) is 12.2 Å². The first-order chi connectivity index (χ1) is 7.75. The number of carbonyl (C=O) groups is 2. The largest absolute Gasteiger partial charge is 0.445 e. The number of nitrogens with one attached hydrogen (secondary N) is 1. The van der Waals surface area contributed by atoms with E-state index >= 15 is 0 Å². The third kappa shape index (κ3) is 1.56. The van der Waals surface area contributed by atoms with Gasteiger partial charge >= 0.3 is 6.09 Å². The molecule has 0 bridgehead atoms. The Kier molecular flexibility index (Phi) is 2.12. The van der Waals surface area contributed by atoms with Crippen molar-refractivity contribution in [1.29, 1.82) is 0 Å². The van der Waals surface area contributed by atoms with Crippen LogP contribution in [-0.2, 0) is 9.53 Å². The van der Waals surface area contributed by atoms with E-state index in [1.165, 1.54) is 4.90 Å². The number of rotatable bonds is 1. The maximum atomic E-state index is 11.7. The summed E-state index contributed by atoms with van der Waals surface area (Å²) in [5.41, 5.74) is 0. The fraction of sp³-hybridized carbons (Fsp3) is 0.636. The monoisotopic (exact) mass is 222 g/mol. The maximum absolute atomic E-state index is 11.7. The Labute approximate surface area is 93.4 Å². The van der Waals surface area contributed by atoms with Crippen LogP contribution in [0.25, 0.3) is 0 Å². The Balaban J connectivity index is 1.53. The molecule has 1 saturated carbocycles. The Morgan fingerprint density at radius 1 is 1.56 bits per heavy atom. The van der Waals surface area contributed by atoms with Crippen molar-refractivity contribution in [2.75, 3.05) is 19.6 Å². The van der Waals surface area contributed by atoms with Crippen LogP contribution in [0.5, 0.6) is 0 Å². The fourth-order valence-corrected chi connectivity index (χ4v) is 2.46. The molecule has 2 amide bonds. The number of hydrogen-bond donors (Lipinski definition) is 1. The lowest BCUT2D eigenvalue weighted by molar-refractivity contribution is -0.123. The second-order valence-electron chi connectivity index (χ2n) is 4.52. The van der Waals surface area contributed by atoms with Crippen LogP contribution in [-0.4, -0.2) is 42.6 Å². The predicted octanol–water partition coefficient (Wildman–Crippen LogP) is 0.129. The Morgan fingerprint density at radius 3 is 3.12 bits per heavy atom. The standard InChI is InChI=1S/C11H14N2O3/c14-9-6-13(5-4-12-9)11(15)16-10-7-2-1-3-8(7)10/h1-2,7-8,10H,3-6H2,(H,12,14). The number of fused-ring (bicyclic) bond motifs is 1. The third-order valence-corrected chi connectivity index (χ3v) is 3.45. The lowest BCUT2D eigenvalue weighted by atomic mass is 10.3. The predicted molar refractivity (Wildman–Crippen MR) is 55.6 cm³/mol. The van der Waals surface area contributed by atoms with Gasteiger partial charge in [-0.05, 0) is 6.42 Å². The molecule has 16 heavy (non-hydrogen) atoms. The number of amides is 2. The average molecular weight is 222 g/mol. The van der Waals surface area contributed by atoms with Crippen molar-refractivity contribution in [3.8, 4) is 0 Å². The molecular formula is C11H14N2O3. The van der Waals surface area contributed by atoms with Gasteiger partial charge in [0.1, 0.15) is 12.6 Å². The lowest BCUT2D eigenvalue weighted by Gasteiger charge is -2.26. The summed E-state index contributed by atoms with van der Waals surface area (Å²) in [6, 6.07) is 0. The summed E-state index contributed by atoms with van der Waals surface area (Å²) >= 11 is 0. The van der Waals surface area contributed by atoms with Crippen molar-refractivity contribution < 1.29 is 14.3 Å². The van der Waals surface area contributed by atoms with E-state index in [2.05, 4.69) is 17.5 Å². The first-order valence-electron chi connectivity index (χ1n) is 5.64. The van der Waals surface area contributed by atoms with Crippen LogP contribution in [0.3, 0.4) is 0 Å². The summed E-state index contributed by atoms with van der Waals surface area (Å²) in [5.74, 6) is 0.823. The van der Waals surface area contributed by atoms with Crippen molar-refractivity contribution in [3.63, 3.8) is 0 Å². The van der Waals surface area contributed by atoms with Gasteiger partial charge in [-0.15, -0.1) is 0 Å². The first-order valence-corrected chi connectivity index (χ1v) is 5.64. The van der Waals surface area contributed by atoms with Crippen LogP contribution in [0.2, 0.25) is 0 Å². The van der Waals surface area contributed by atoms with Gasteiger partial charge in [0.05, 0.1) is 0 Å². The van der Waals surface area contributed by atoms with Crippen molar-refractivity contribution in [2.24, 2.45) is 11.8 Å². The van der Waals surface area contributed by atoms with Gasteiger partial charge < -0.3 is 10.1 Å². The lowest BCUT2D eigenvalue weighted by Crippen LogP contribution is -2.50. The quantitative estimate of drug-likeness (QED) is 0.641. The maximum Gasteiger partial charge on any atom is 0.410 e. The molecule has 2 fully saturated rings. The molecule has 0 aromatic heterocycles. The van der Waals surface area contributed by atoms with Gasteiger partial charge in [-0.25, -0.2) is 4.79 Å². The number of ether oxygens (including phenoxy) is 1. The zero-order valence-electron chi connectivity index (χ0n) is 8.89. The van der Waals surface area contributed by atoms with E-state index < -0.39 is 0 Å². The number of hydrogen-bond acceptors (Lipinski definition) is 3. The van der Waals surface area contributed by atoms with Crippen LogP contribution >= 0.6 is 0 Å². The zero-order valence-corrected chi connectivity index (χ0v) is 8.89. The number of nitrogens with zero attached hydrogens (tertiary/aromatic N) is 1. The molecule has 0 aromatic rings. The highest BCUT2D eigenvalue weighted by molar-refractivity contribution is 5.83. The molecule has 3 aliphatic rings. The third-order valence-electron chi connectivity index (χ3n) is 3.45. The molecule has 5 heteroatoms. The second-order valence-corrected chi connectivity index (χ2v) is 4.52. The minimum absolute atomic E-state index is 0.0579. The van der Waals surface area contributed by atoms with Gasteiger partial charge in [-0.3, -0.25) is 9.69 Å². The SMILES string of the molecule is O=C1CN(C(=O)OC2C3C=CCC32)CCN1. The van der Waals surface area contributed by atoms with Crippen LogP contribution in [0.1, 0.15) is 6.42 Å². The Hall–Kier alpha value is -1.52. The van der Waals surface area contributed by atoms with Gasteiger partial charge in [0.15, 0.2) is 0 Å². The van der Waals surface area contributed by atoms with Gasteiger partial charge in [0, 0.05) is 24.9 Å². The summed E-state index contributed by atoms with van der Waals surface area (Å²) in [6.07, 6.45) is 4.98. The van der Waals surface area contributed by atoms with Crippen molar-refractivity contribution in [2.45, 2.75) is 12.5 Å². The molecule has 86 valence electrons. The zero-order chi connectivity index (χ0) is 11.1. The normalized spacial score (nSPS) is 35.6. The fourth-order valence-electron chi connectivity index (χ4n) is 2.46. The molecule has 0 radical (unpaired) electrons. The van der Waals surface area contributed by atoms with Crippen molar-refractivity contribution in [3.05, 3.63) is 12.2 Å². The molecule has 1 saturated heterocycles. The summed E-state index contributed by atoms with van der Waals surface area (Å²) < 4.78 is 5.37. The molecule has 0 spiro atoms. The van der Waals surface area contributed by atoms with E-state index in [1.807, 2.05) is 0 Å². The minimum atomic E-state index is -0.345. The van der Waals surface area contributed by atoms with Crippen molar-refractivity contribution >= 4 is 12.0 Å². The molecular weight excluding hydrogens is 208 g/mol. The van der Waals surface area contributed by atoms with Crippen LogP contribution in [0.4, 0.5) is 4.79 Å². The molecule has 1 N–H and O–H groups in total. The second kappa shape index (κ2) is 3.50. The number of piperazine rings is 1. The van der Waals surface area contributed by atoms with E-state index in [4.69, 9.17) is 4.74 Å². The highest BCUT2D eigenvalue weighted by Gasteiger charge is 2.53. The van der Waals surface area contributed by atoms with Gasteiger partial charge in [0.25, 0.3) is 0 Å². The highest BCUT2D eigenvalue weighted by Crippen LogP contribution is 2.49. The molecule has 1 heterocycles. The molecule has 3 unspecified atom stereocenters. The average Bonchev–Trinajstić information content (AvgIpc) is 2.74. The highest BCUT2D eigenvalue weighted by atomic mass is 16.6. The molecule has 5 nitrogen and oxygen atoms in total. The van der Waals surface area contributed by atoms with Crippen LogP contribution in [0.15, 0.2) is 12.2 Å². The summed E-state index contributed by atoms with van der Waals surface area (Å²) in [6.45, 7) is 1.19. The summed E-state index contributed by atoms with van der Waals surface area (Å²) in [5, 5.41) is 2.68. The Morgan fingerprint density at radius 2 is 2.44 bits per heavy atom. The van der Waals surface area contributed by atoms with E-state index in [-0.39, 0.29) is 24.6 Å². The van der Waals surface area contributed by atoms with Crippen LogP contribution in [0, 0.1) is 11.8 Å². The molecule has 2 aliphatic carbocycles. The van der Waals surface area contributed by atoms with E-state index in [9.17, 15) is 9.59 Å². The Bertz CT molecular complexity index is 366. The van der Waals surface area contributed by atoms with Crippen molar-refractivity contribution in [1.82, 2.24) is 10.2 Å². The van der Waals surface area contributed by atoms with Gasteiger partial charge in [-0.2, -0.15) is 0 Å². The van der Waals surface area contributed by atoms with E-state index in [0.717, 1.165) is 6.42 Å². The van der Waals surface area contributed by atoms with E-state index in [0.29, 0.717) is 24.9 Å². The molecule has 1 aliphatic heterocycles. The summed E-state index contributed by atoms with van der Waals surface area (Å²) in [4.78, 5) is 24.3. The first kappa shape index (κ1) is 9.69. The number of allylic oxidation sites excluding steroid dienone is 1. The minimum Gasteiger partial charge on any atom is -0.445 e. The molecule has 3 atom stereocenters.